The third kappa shape index (κ3) is 4.85. The van der Waals surface area contributed by atoms with Gasteiger partial charge in [-0.2, -0.15) is 0 Å². The number of hydrogen-bond acceptors (Lipinski definition) is 4. The van der Waals surface area contributed by atoms with Crippen LogP contribution in [0.5, 0.6) is 5.75 Å². The average Bonchev–Trinajstić information content (AvgIpc) is 2.44. The van der Waals surface area contributed by atoms with E-state index < -0.39 is 5.54 Å². The zero-order valence-electron chi connectivity index (χ0n) is 12.6. The quantitative estimate of drug-likeness (QED) is 0.587. The summed E-state index contributed by atoms with van der Waals surface area (Å²) >= 11 is 0. The van der Waals surface area contributed by atoms with Crippen LogP contribution in [-0.2, 0) is 16.0 Å². The number of aryl methyl sites for hydroxylation is 1. The maximum atomic E-state index is 11.6. The second-order valence-corrected chi connectivity index (χ2v) is 5.05. The molecule has 0 bridgehead atoms. The minimum Gasteiger partial charge on any atom is -0.493 e. The first-order valence-electron chi connectivity index (χ1n) is 7.18. The summed E-state index contributed by atoms with van der Waals surface area (Å²) in [6, 6.07) is 7.98. The summed E-state index contributed by atoms with van der Waals surface area (Å²) < 4.78 is 10.7. The normalized spacial score (nSPS) is 13.6. The molecule has 0 spiro atoms. The van der Waals surface area contributed by atoms with E-state index in [0.717, 1.165) is 12.2 Å². The molecule has 1 aromatic carbocycles. The van der Waals surface area contributed by atoms with E-state index in [1.54, 1.807) is 13.8 Å². The fraction of sp³-hybridized carbons (Fsp3) is 0.562. The maximum Gasteiger partial charge on any atom is 0.325 e. The number of carbonyl (C=O) groups is 1. The monoisotopic (exact) mass is 279 g/mol. The molecule has 0 fully saturated rings. The van der Waals surface area contributed by atoms with Gasteiger partial charge in [0.2, 0.25) is 0 Å². The number of carbonyl (C=O) groups excluding carboxylic acids is 1. The lowest BCUT2D eigenvalue weighted by molar-refractivity contribution is -0.149. The fourth-order valence-electron chi connectivity index (χ4n) is 1.96. The number of ether oxygens (including phenoxy) is 2. The first-order chi connectivity index (χ1) is 9.51. The highest BCUT2D eigenvalue weighted by Gasteiger charge is 2.29. The first-order valence-corrected chi connectivity index (χ1v) is 7.18. The molecule has 0 aromatic heterocycles. The van der Waals surface area contributed by atoms with Gasteiger partial charge in [0.25, 0.3) is 0 Å². The molecule has 0 saturated carbocycles. The lowest BCUT2D eigenvalue weighted by Gasteiger charge is -2.22. The molecular weight excluding hydrogens is 254 g/mol. The number of para-hydroxylation sites is 1. The van der Waals surface area contributed by atoms with E-state index in [1.165, 1.54) is 5.56 Å². The van der Waals surface area contributed by atoms with Crippen molar-refractivity contribution in [1.29, 1.82) is 0 Å². The molecule has 1 atom stereocenters. The Morgan fingerprint density at radius 3 is 2.65 bits per heavy atom. The molecule has 4 heteroatoms. The molecule has 0 saturated heterocycles. The number of rotatable bonds is 8. The van der Waals surface area contributed by atoms with Gasteiger partial charge in [0.15, 0.2) is 0 Å². The number of nitrogens with two attached hydrogens (primary N) is 1. The molecule has 0 heterocycles. The predicted octanol–water partition coefficient (Wildman–Crippen LogP) is 2.69. The second-order valence-electron chi connectivity index (χ2n) is 5.05. The zero-order chi connectivity index (χ0) is 15.0. The topological polar surface area (TPSA) is 61.5 Å². The summed E-state index contributed by atoms with van der Waals surface area (Å²) in [5.74, 6) is 0.554. The fourth-order valence-corrected chi connectivity index (χ4v) is 1.96. The Hall–Kier alpha value is -1.55. The minimum atomic E-state index is -0.941. The van der Waals surface area contributed by atoms with Crippen LogP contribution in [0.4, 0.5) is 0 Å². The van der Waals surface area contributed by atoms with Crippen LogP contribution in [0.3, 0.4) is 0 Å². The second kappa shape index (κ2) is 7.90. The van der Waals surface area contributed by atoms with Crippen molar-refractivity contribution in [2.45, 2.75) is 45.6 Å². The van der Waals surface area contributed by atoms with Crippen molar-refractivity contribution in [3.63, 3.8) is 0 Å². The molecule has 4 nitrogen and oxygen atoms in total. The van der Waals surface area contributed by atoms with E-state index >= 15 is 0 Å². The van der Waals surface area contributed by atoms with Gasteiger partial charge in [-0.3, -0.25) is 4.79 Å². The molecular formula is C16H25NO3. The zero-order valence-corrected chi connectivity index (χ0v) is 12.6. The molecule has 0 aliphatic rings. The number of hydrogen-bond donors (Lipinski definition) is 1. The number of esters is 1. The van der Waals surface area contributed by atoms with Crippen LogP contribution in [0.2, 0.25) is 0 Å². The van der Waals surface area contributed by atoms with E-state index in [-0.39, 0.29) is 5.97 Å². The highest BCUT2D eigenvalue weighted by atomic mass is 16.5. The van der Waals surface area contributed by atoms with Crippen molar-refractivity contribution in [3.05, 3.63) is 29.8 Å². The maximum absolute atomic E-state index is 11.6. The van der Waals surface area contributed by atoms with Gasteiger partial charge in [0, 0.05) is 0 Å². The molecule has 1 rings (SSSR count). The lowest BCUT2D eigenvalue weighted by atomic mass is 9.98. The van der Waals surface area contributed by atoms with E-state index in [0.29, 0.717) is 26.1 Å². The average molecular weight is 279 g/mol. The Balaban J connectivity index is 2.39. The highest BCUT2D eigenvalue weighted by molar-refractivity contribution is 5.79. The van der Waals surface area contributed by atoms with Gasteiger partial charge in [-0.25, -0.2) is 0 Å². The summed E-state index contributed by atoms with van der Waals surface area (Å²) in [5.41, 5.74) is 6.20. The molecule has 0 aliphatic carbocycles. The van der Waals surface area contributed by atoms with Crippen LogP contribution < -0.4 is 10.5 Å². The van der Waals surface area contributed by atoms with Crippen LogP contribution >= 0.6 is 0 Å². The van der Waals surface area contributed by atoms with E-state index in [4.69, 9.17) is 15.2 Å². The highest BCUT2D eigenvalue weighted by Crippen LogP contribution is 2.19. The molecule has 1 unspecified atom stereocenters. The lowest BCUT2D eigenvalue weighted by Crippen LogP contribution is -2.46. The minimum absolute atomic E-state index is 0.353. The van der Waals surface area contributed by atoms with Crippen molar-refractivity contribution in [2.75, 3.05) is 13.2 Å². The SMILES string of the molecule is CCOC(=O)C(C)(N)CCCOc1ccccc1CC. The Kier molecular flexibility index (Phi) is 6.52. The van der Waals surface area contributed by atoms with Crippen molar-refractivity contribution in [2.24, 2.45) is 5.73 Å². The summed E-state index contributed by atoms with van der Waals surface area (Å²) in [6.45, 7) is 6.47. The molecule has 0 aliphatic heterocycles. The van der Waals surface area contributed by atoms with Crippen molar-refractivity contribution in [3.8, 4) is 5.75 Å². The Morgan fingerprint density at radius 1 is 1.30 bits per heavy atom. The molecule has 20 heavy (non-hydrogen) atoms. The van der Waals surface area contributed by atoms with Crippen molar-refractivity contribution >= 4 is 5.97 Å². The van der Waals surface area contributed by atoms with Crippen LogP contribution in [0, 0.1) is 0 Å². The molecule has 0 amide bonds. The summed E-state index contributed by atoms with van der Waals surface area (Å²) in [5, 5.41) is 0. The molecule has 0 radical (unpaired) electrons. The van der Waals surface area contributed by atoms with Gasteiger partial charge in [0.1, 0.15) is 11.3 Å². The Labute approximate surface area is 121 Å². The van der Waals surface area contributed by atoms with Crippen molar-refractivity contribution < 1.29 is 14.3 Å². The summed E-state index contributed by atoms with van der Waals surface area (Å²) in [6.07, 6.45) is 2.19. The van der Waals surface area contributed by atoms with Gasteiger partial charge in [-0.1, -0.05) is 25.1 Å². The van der Waals surface area contributed by atoms with Crippen LogP contribution in [-0.4, -0.2) is 24.7 Å². The van der Waals surface area contributed by atoms with Gasteiger partial charge >= 0.3 is 5.97 Å². The smallest absolute Gasteiger partial charge is 0.325 e. The summed E-state index contributed by atoms with van der Waals surface area (Å²) in [4.78, 5) is 11.6. The van der Waals surface area contributed by atoms with E-state index in [9.17, 15) is 4.79 Å². The Bertz CT molecular complexity index is 429. The van der Waals surface area contributed by atoms with E-state index in [1.807, 2.05) is 18.2 Å². The van der Waals surface area contributed by atoms with Crippen molar-refractivity contribution in [1.82, 2.24) is 0 Å². The number of benzene rings is 1. The van der Waals surface area contributed by atoms with Gasteiger partial charge in [-0.05, 0) is 44.7 Å². The third-order valence-electron chi connectivity index (χ3n) is 3.19. The van der Waals surface area contributed by atoms with Crippen LogP contribution in [0.15, 0.2) is 24.3 Å². The first kappa shape index (κ1) is 16.5. The van der Waals surface area contributed by atoms with Gasteiger partial charge < -0.3 is 15.2 Å². The molecule has 112 valence electrons. The largest absolute Gasteiger partial charge is 0.493 e. The van der Waals surface area contributed by atoms with Gasteiger partial charge in [0.05, 0.1) is 13.2 Å². The van der Waals surface area contributed by atoms with Gasteiger partial charge in [-0.15, -0.1) is 0 Å². The van der Waals surface area contributed by atoms with Crippen LogP contribution in [0.25, 0.3) is 0 Å². The molecule has 1 aromatic rings. The predicted molar refractivity (Wildman–Crippen MR) is 79.8 cm³/mol. The van der Waals surface area contributed by atoms with Crippen LogP contribution in [0.1, 0.15) is 39.2 Å². The van der Waals surface area contributed by atoms with E-state index in [2.05, 4.69) is 13.0 Å². The third-order valence-corrected chi connectivity index (χ3v) is 3.19. The Morgan fingerprint density at radius 2 is 2.00 bits per heavy atom. The summed E-state index contributed by atoms with van der Waals surface area (Å²) in [7, 11) is 0. The molecule has 2 N–H and O–H groups in total. The standard InChI is InChI=1S/C16H25NO3/c1-4-13-9-6-7-10-14(13)20-12-8-11-16(3,17)15(18)19-5-2/h6-7,9-10H,4-5,8,11-12,17H2,1-3H3.